The summed E-state index contributed by atoms with van der Waals surface area (Å²) in [4.78, 5) is 11.4. The van der Waals surface area contributed by atoms with Gasteiger partial charge in [-0.25, -0.2) is 4.98 Å². The van der Waals surface area contributed by atoms with Crippen molar-refractivity contribution in [2.24, 2.45) is 5.92 Å². The molecule has 0 aliphatic carbocycles. The van der Waals surface area contributed by atoms with Gasteiger partial charge in [0.15, 0.2) is 0 Å². The summed E-state index contributed by atoms with van der Waals surface area (Å²) in [6, 6.07) is 2.55. The summed E-state index contributed by atoms with van der Waals surface area (Å²) in [5.74, 6) is 2.22. The molecular formula is C14H22N4S. The minimum atomic E-state index is 0.396. The van der Waals surface area contributed by atoms with E-state index in [1.54, 1.807) is 11.3 Å². The van der Waals surface area contributed by atoms with Crippen molar-refractivity contribution in [2.75, 3.05) is 17.7 Å². The van der Waals surface area contributed by atoms with Crippen LogP contribution in [0.3, 0.4) is 0 Å². The minimum Gasteiger partial charge on any atom is -0.367 e. The largest absolute Gasteiger partial charge is 0.367 e. The molecule has 2 unspecified atom stereocenters. The van der Waals surface area contributed by atoms with E-state index < -0.39 is 0 Å². The third-order valence-electron chi connectivity index (χ3n) is 3.60. The SMILES string of the molecule is CCC(C)C(C)Nc1nc(NC)nc2sc(C)cc12. The Balaban J connectivity index is 2.40. The molecule has 0 radical (unpaired) electrons. The van der Waals surface area contributed by atoms with Crippen LogP contribution in [0.2, 0.25) is 0 Å². The first-order valence-electron chi connectivity index (χ1n) is 6.77. The molecule has 0 aromatic carbocycles. The monoisotopic (exact) mass is 278 g/mol. The minimum absolute atomic E-state index is 0.396. The molecule has 0 aliphatic rings. The van der Waals surface area contributed by atoms with E-state index in [0.29, 0.717) is 17.9 Å². The second-order valence-corrected chi connectivity index (χ2v) is 6.28. The van der Waals surface area contributed by atoms with Crippen LogP contribution >= 0.6 is 11.3 Å². The predicted octanol–water partition coefficient (Wildman–Crippen LogP) is 3.89. The third kappa shape index (κ3) is 2.97. The average molecular weight is 278 g/mol. The fraction of sp³-hybridized carbons (Fsp3) is 0.571. The van der Waals surface area contributed by atoms with E-state index in [9.17, 15) is 0 Å². The first kappa shape index (κ1) is 14.1. The Kier molecular flexibility index (Phi) is 4.24. The zero-order chi connectivity index (χ0) is 14.0. The molecule has 2 N–H and O–H groups in total. The van der Waals surface area contributed by atoms with Crippen LogP contribution in [0.5, 0.6) is 0 Å². The number of aryl methyl sites for hydroxylation is 1. The number of thiophene rings is 1. The summed E-state index contributed by atoms with van der Waals surface area (Å²) in [7, 11) is 1.85. The number of aromatic nitrogens is 2. The van der Waals surface area contributed by atoms with Crippen LogP contribution in [0.4, 0.5) is 11.8 Å². The second-order valence-electron chi connectivity index (χ2n) is 5.04. The summed E-state index contributed by atoms with van der Waals surface area (Å²) in [6.45, 7) is 8.79. The van der Waals surface area contributed by atoms with Crippen LogP contribution in [0.15, 0.2) is 6.07 Å². The first-order valence-corrected chi connectivity index (χ1v) is 7.59. The van der Waals surface area contributed by atoms with Gasteiger partial charge in [-0.1, -0.05) is 20.3 Å². The molecule has 0 aliphatic heterocycles. The van der Waals surface area contributed by atoms with Gasteiger partial charge in [0.1, 0.15) is 10.6 Å². The molecule has 0 amide bonds. The lowest BCUT2D eigenvalue weighted by Crippen LogP contribution is -2.24. The van der Waals surface area contributed by atoms with E-state index >= 15 is 0 Å². The third-order valence-corrected chi connectivity index (χ3v) is 4.55. The maximum Gasteiger partial charge on any atom is 0.225 e. The van der Waals surface area contributed by atoms with E-state index in [4.69, 9.17) is 0 Å². The Labute approximate surface area is 118 Å². The van der Waals surface area contributed by atoms with Crippen LogP contribution in [0.1, 0.15) is 32.1 Å². The Bertz CT molecular complexity index is 564. The highest BCUT2D eigenvalue weighted by Crippen LogP contribution is 2.30. The first-order chi connectivity index (χ1) is 9.05. The summed E-state index contributed by atoms with van der Waals surface area (Å²) in [6.07, 6.45) is 1.16. The highest BCUT2D eigenvalue weighted by molar-refractivity contribution is 7.18. The van der Waals surface area contributed by atoms with E-state index in [0.717, 1.165) is 22.5 Å². The van der Waals surface area contributed by atoms with Crippen molar-refractivity contribution < 1.29 is 0 Å². The lowest BCUT2D eigenvalue weighted by molar-refractivity contribution is 0.494. The molecule has 2 aromatic rings. The van der Waals surface area contributed by atoms with Crippen molar-refractivity contribution >= 4 is 33.3 Å². The predicted molar refractivity (Wildman–Crippen MR) is 84.2 cm³/mol. The zero-order valence-corrected chi connectivity index (χ0v) is 13.1. The summed E-state index contributed by atoms with van der Waals surface area (Å²) in [5, 5.41) is 7.69. The second kappa shape index (κ2) is 5.74. The van der Waals surface area contributed by atoms with Crippen molar-refractivity contribution in [3.8, 4) is 0 Å². The van der Waals surface area contributed by atoms with Crippen molar-refractivity contribution in [3.05, 3.63) is 10.9 Å². The van der Waals surface area contributed by atoms with Crippen LogP contribution in [-0.2, 0) is 0 Å². The van der Waals surface area contributed by atoms with Crippen molar-refractivity contribution in [3.63, 3.8) is 0 Å². The quantitative estimate of drug-likeness (QED) is 0.871. The topological polar surface area (TPSA) is 49.8 Å². The smallest absolute Gasteiger partial charge is 0.225 e. The molecule has 2 heterocycles. The maximum absolute atomic E-state index is 4.56. The molecule has 104 valence electrons. The van der Waals surface area contributed by atoms with E-state index in [1.165, 1.54) is 4.88 Å². The van der Waals surface area contributed by atoms with Crippen LogP contribution < -0.4 is 10.6 Å². The lowest BCUT2D eigenvalue weighted by Gasteiger charge is -2.21. The van der Waals surface area contributed by atoms with Gasteiger partial charge < -0.3 is 10.6 Å². The van der Waals surface area contributed by atoms with Gasteiger partial charge in [0, 0.05) is 18.0 Å². The molecule has 19 heavy (non-hydrogen) atoms. The van der Waals surface area contributed by atoms with Crippen LogP contribution in [0.25, 0.3) is 10.2 Å². The van der Waals surface area contributed by atoms with Gasteiger partial charge in [-0.15, -0.1) is 11.3 Å². The van der Waals surface area contributed by atoms with Gasteiger partial charge in [0.05, 0.1) is 5.39 Å². The van der Waals surface area contributed by atoms with Crippen LogP contribution in [0, 0.1) is 12.8 Å². The maximum atomic E-state index is 4.56. The number of hydrogen-bond acceptors (Lipinski definition) is 5. The molecule has 0 spiro atoms. The summed E-state index contributed by atoms with van der Waals surface area (Å²) in [5.41, 5.74) is 0. The standard InChI is InChI=1S/C14H22N4S/c1-6-8(2)10(4)16-12-11-7-9(3)19-13(11)18-14(15-5)17-12/h7-8,10H,6H2,1-5H3,(H2,15,16,17,18). The Morgan fingerprint density at radius 2 is 2.05 bits per heavy atom. The van der Waals surface area contributed by atoms with Gasteiger partial charge in [-0.3, -0.25) is 0 Å². The lowest BCUT2D eigenvalue weighted by atomic mass is 10.0. The van der Waals surface area contributed by atoms with Crippen molar-refractivity contribution in [1.82, 2.24) is 9.97 Å². The Morgan fingerprint density at radius 3 is 2.68 bits per heavy atom. The van der Waals surface area contributed by atoms with E-state index in [-0.39, 0.29) is 0 Å². The fourth-order valence-corrected chi connectivity index (χ4v) is 2.85. The van der Waals surface area contributed by atoms with Gasteiger partial charge >= 0.3 is 0 Å². The highest BCUT2D eigenvalue weighted by atomic mass is 32.1. The zero-order valence-electron chi connectivity index (χ0n) is 12.2. The van der Waals surface area contributed by atoms with E-state index in [1.807, 2.05) is 7.05 Å². The number of rotatable bonds is 5. The number of hydrogen-bond donors (Lipinski definition) is 2. The highest BCUT2D eigenvalue weighted by Gasteiger charge is 2.15. The Hall–Kier alpha value is -1.36. The van der Waals surface area contributed by atoms with Crippen molar-refractivity contribution in [2.45, 2.75) is 40.2 Å². The molecule has 0 bridgehead atoms. The molecule has 5 heteroatoms. The van der Waals surface area contributed by atoms with Gasteiger partial charge in [-0.2, -0.15) is 4.98 Å². The normalized spacial score (nSPS) is 14.4. The van der Waals surface area contributed by atoms with Crippen LogP contribution in [-0.4, -0.2) is 23.1 Å². The molecule has 2 rings (SSSR count). The van der Waals surface area contributed by atoms with Gasteiger partial charge in [0.2, 0.25) is 5.95 Å². The van der Waals surface area contributed by atoms with Gasteiger partial charge in [0.25, 0.3) is 0 Å². The number of anilines is 2. The fourth-order valence-electron chi connectivity index (χ4n) is 1.98. The number of nitrogens with zero attached hydrogens (tertiary/aromatic N) is 2. The molecule has 2 aromatic heterocycles. The molecule has 0 saturated heterocycles. The van der Waals surface area contributed by atoms with Gasteiger partial charge in [-0.05, 0) is 25.8 Å². The number of fused-ring (bicyclic) bond motifs is 1. The molecule has 0 fully saturated rings. The summed E-state index contributed by atoms with van der Waals surface area (Å²) >= 11 is 1.71. The average Bonchev–Trinajstić information content (AvgIpc) is 2.77. The molecule has 4 nitrogen and oxygen atoms in total. The molecule has 0 saturated carbocycles. The molecule has 2 atom stereocenters. The Morgan fingerprint density at radius 1 is 1.32 bits per heavy atom. The summed E-state index contributed by atoms with van der Waals surface area (Å²) < 4.78 is 0. The van der Waals surface area contributed by atoms with E-state index in [2.05, 4.69) is 54.4 Å². The molecular weight excluding hydrogens is 256 g/mol. The number of nitrogens with one attached hydrogen (secondary N) is 2. The van der Waals surface area contributed by atoms with Crippen molar-refractivity contribution in [1.29, 1.82) is 0 Å².